The van der Waals surface area contributed by atoms with E-state index in [1.54, 1.807) is 24.4 Å². The number of ether oxygens (including phenoxy) is 1. The van der Waals surface area contributed by atoms with Crippen LogP contribution in [0.25, 0.3) is 0 Å². The lowest BCUT2D eigenvalue weighted by Gasteiger charge is -2.09. The molecule has 1 aromatic carbocycles. The quantitative estimate of drug-likeness (QED) is 0.669. The normalized spacial score (nSPS) is 10.3. The molecule has 6 heteroatoms. The van der Waals surface area contributed by atoms with E-state index in [0.717, 1.165) is 11.1 Å². The van der Waals surface area contributed by atoms with Gasteiger partial charge in [0.15, 0.2) is 0 Å². The minimum absolute atomic E-state index is 0.0759. The summed E-state index contributed by atoms with van der Waals surface area (Å²) in [6, 6.07) is 8.18. The molecule has 20 heavy (non-hydrogen) atoms. The number of hydrogen-bond donors (Lipinski definition) is 1. The van der Waals surface area contributed by atoms with E-state index >= 15 is 0 Å². The van der Waals surface area contributed by atoms with E-state index in [0.29, 0.717) is 12.4 Å². The molecule has 104 valence electrons. The number of pyridine rings is 1. The van der Waals surface area contributed by atoms with Crippen LogP contribution in [0.4, 0.5) is 5.69 Å². The third kappa shape index (κ3) is 3.10. The van der Waals surface area contributed by atoms with Crippen molar-refractivity contribution < 1.29 is 9.66 Å². The minimum Gasteiger partial charge on any atom is -0.432 e. The third-order valence-electron chi connectivity index (χ3n) is 2.74. The zero-order valence-corrected chi connectivity index (χ0v) is 11.3. The molecule has 1 heterocycles. The van der Waals surface area contributed by atoms with Gasteiger partial charge in [0.1, 0.15) is 0 Å². The van der Waals surface area contributed by atoms with E-state index in [4.69, 9.17) is 4.74 Å². The molecule has 0 spiro atoms. The molecule has 0 bridgehead atoms. The van der Waals surface area contributed by atoms with E-state index in [9.17, 15) is 10.1 Å². The molecular weight excluding hydrogens is 258 g/mol. The number of nitro groups is 1. The highest BCUT2D eigenvalue weighted by molar-refractivity contribution is 5.48. The van der Waals surface area contributed by atoms with E-state index in [2.05, 4.69) is 10.3 Å². The van der Waals surface area contributed by atoms with Crippen molar-refractivity contribution in [3.8, 4) is 11.6 Å². The Morgan fingerprint density at radius 2 is 2.15 bits per heavy atom. The summed E-state index contributed by atoms with van der Waals surface area (Å²) < 4.78 is 5.56. The summed E-state index contributed by atoms with van der Waals surface area (Å²) in [7, 11) is 1.85. The van der Waals surface area contributed by atoms with Crippen LogP contribution in [-0.4, -0.2) is 17.0 Å². The van der Waals surface area contributed by atoms with Crippen molar-refractivity contribution in [2.75, 3.05) is 7.05 Å². The van der Waals surface area contributed by atoms with Crippen LogP contribution in [0.2, 0.25) is 0 Å². The van der Waals surface area contributed by atoms with Crippen LogP contribution in [0.5, 0.6) is 11.6 Å². The van der Waals surface area contributed by atoms with Crippen molar-refractivity contribution in [2.45, 2.75) is 13.5 Å². The van der Waals surface area contributed by atoms with Gasteiger partial charge in [-0.3, -0.25) is 10.1 Å². The van der Waals surface area contributed by atoms with Crippen LogP contribution in [0.15, 0.2) is 36.5 Å². The van der Waals surface area contributed by atoms with Crippen molar-refractivity contribution >= 4 is 5.69 Å². The van der Waals surface area contributed by atoms with E-state index in [1.165, 1.54) is 6.07 Å². The maximum atomic E-state index is 10.9. The topological polar surface area (TPSA) is 77.3 Å². The van der Waals surface area contributed by atoms with Gasteiger partial charge in [0.2, 0.25) is 11.6 Å². The average molecular weight is 273 g/mol. The molecule has 0 saturated heterocycles. The number of hydrogen-bond acceptors (Lipinski definition) is 5. The van der Waals surface area contributed by atoms with Gasteiger partial charge in [-0.1, -0.05) is 12.1 Å². The van der Waals surface area contributed by atoms with Gasteiger partial charge >= 0.3 is 5.69 Å². The highest BCUT2D eigenvalue weighted by Gasteiger charge is 2.15. The van der Waals surface area contributed by atoms with Crippen molar-refractivity contribution in [2.24, 2.45) is 0 Å². The second-order valence-electron chi connectivity index (χ2n) is 4.32. The van der Waals surface area contributed by atoms with Crippen molar-refractivity contribution in [3.05, 3.63) is 57.8 Å². The fourth-order valence-electron chi connectivity index (χ4n) is 1.83. The van der Waals surface area contributed by atoms with Gasteiger partial charge < -0.3 is 10.1 Å². The molecular formula is C14H15N3O3. The van der Waals surface area contributed by atoms with E-state index < -0.39 is 4.92 Å². The van der Waals surface area contributed by atoms with Gasteiger partial charge in [-0.05, 0) is 31.7 Å². The fraction of sp³-hybridized carbons (Fsp3) is 0.214. The Hall–Kier alpha value is -2.47. The maximum Gasteiger partial charge on any atom is 0.311 e. The number of rotatable bonds is 5. The first-order valence-electron chi connectivity index (χ1n) is 6.13. The van der Waals surface area contributed by atoms with Crippen LogP contribution in [0.1, 0.15) is 11.1 Å². The zero-order valence-electron chi connectivity index (χ0n) is 11.3. The first-order valence-corrected chi connectivity index (χ1v) is 6.13. The second kappa shape index (κ2) is 6.12. The average Bonchev–Trinajstić information content (AvgIpc) is 2.42. The Morgan fingerprint density at radius 1 is 1.40 bits per heavy atom. The molecule has 0 amide bonds. The summed E-state index contributed by atoms with van der Waals surface area (Å²) in [6.07, 6.45) is 1.69. The predicted molar refractivity (Wildman–Crippen MR) is 74.9 cm³/mol. The first-order chi connectivity index (χ1) is 9.61. The maximum absolute atomic E-state index is 10.9. The Bertz CT molecular complexity index is 629. The van der Waals surface area contributed by atoms with Gasteiger partial charge in [-0.15, -0.1) is 0 Å². The second-order valence-corrected chi connectivity index (χ2v) is 4.32. The number of para-hydroxylation sites is 2. The Balaban J connectivity index is 2.29. The molecule has 0 atom stereocenters. The summed E-state index contributed by atoms with van der Waals surface area (Å²) in [5.41, 5.74) is 1.78. The lowest BCUT2D eigenvalue weighted by atomic mass is 10.2. The monoisotopic (exact) mass is 273 g/mol. The van der Waals surface area contributed by atoms with Gasteiger partial charge in [0, 0.05) is 24.4 Å². The molecule has 0 aliphatic carbocycles. The number of nitro benzene ring substituents is 1. The van der Waals surface area contributed by atoms with Gasteiger partial charge in [0.05, 0.1) is 4.92 Å². The lowest BCUT2D eigenvalue weighted by Crippen LogP contribution is -2.06. The highest BCUT2D eigenvalue weighted by Crippen LogP contribution is 2.31. The minimum atomic E-state index is -0.472. The molecule has 6 nitrogen and oxygen atoms in total. The standard InChI is InChI=1S/C14H15N3O3/c1-10-7-11(8-15-2)9-16-14(10)20-13-6-4-3-5-12(13)17(18)19/h3-7,9,15H,8H2,1-2H3. The number of nitrogens with one attached hydrogen (secondary N) is 1. The zero-order chi connectivity index (χ0) is 14.5. The van der Waals surface area contributed by atoms with E-state index in [1.807, 2.05) is 20.0 Å². The first kappa shape index (κ1) is 14.0. The summed E-state index contributed by atoms with van der Waals surface area (Å²) in [4.78, 5) is 14.7. The van der Waals surface area contributed by atoms with Crippen LogP contribution < -0.4 is 10.1 Å². The summed E-state index contributed by atoms with van der Waals surface area (Å²) >= 11 is 0. The lowest BCUT2D eigenvalue weighted by molar-refractivity contribution is -0.385. The molecule has 2 aromatic rings. The number of aryl methyl sites for hydroxylation is 1. The van der Waals surface area contributed by atoms with Crippen LogP contribution >= 0.6 is 0 Å². The fourth-order valence-corrected chi connectivity index (χ4v) is 1.83. The van der Waals surface area contributed by atoms with Crippen molar-refractivity contribution in [3.63, 3.8) is 0 Å². The number of nitrogens with zero attached hydrogens (tertiary/aromatic N) is 2. The molecule has 0 unspecified atom stereocenters. The van der Waals surface area contributed by atoms with Crippen LogP contribution in [-0.2, 0) is 6.54 Å². The third-order valence-corrected chi connectivity index (χ3v) is 2.74. The predicted octanol–water partition coefficient (Wildman–Crippen LogP) is 2.81. The molecule has 0 fully saturated rings. The largest absolute Gasteiger partial charge is 0.432 e. The van der Waals surface area contributed by atoms with Crippen molar-refractivity contribution in [1.82, 2.24) is 10.3 Å². The highest BCUT2D eigenvalue weighted by atomic mass is 16.6. The molecule has 0 aliphatic rings. The number of aromatic nitrogens is 1. The molecule has 0 aliphatic heterocycles. The Kier molecular flexibility index (Phi) is 4.27. The van der Waals surface area contributed by atoms with E-state index in [-0.39, 0.29) is 11.4 Å². The SMILES string of the molecule is CNCc1cnc(Oc2ccccc2[N+](=O)[O-])c(C)c1. The summed E-state index contributed by atoms with van der Waals surface area (Å²) in [5.74, 6) is 0.564. The molecule has 1 aromatic heterocycles. The molecule has 0 radical (unpaired) electrons. The summed E-state index contributed by atoms with van der Waals surface area (Å²) in [5, 5.41) is 14.0. The molecule has 1 N–H and O–H groups in total. The Labute approximate surface area is 116 Å². The van der Waals surface area contributed by atoms with Gasteiger partial charge in [-0.2, -0.15) is 0 Å². The Morgan fingerprint density at radius 3 is 2.80 bits per heavy atom. The molecule has 2 rings (SSSR count). The number of benzene rings is 1. The summed E-state index contributed by atoms with van der Waals surface area (Å²) in [6.45, 7) is 2.57. The molecule has 0 saturated carbocycles. The van der Waals surface area contributed by atoms with Crippen LogP contribution in [0.3, 0.4) is 0 Å². The van der Waals surface area contributed by atoms with Gasteiger partial charge in [-0.25, -0.2) is 4.98 Å². The van der Waals surface area contributed by atoms with Crippen LogP contribution in [0, 0.1) is 17.0 Å². The smallest absolute Gasteiger partial charge is 0.311 e. The van der Waals surface area contributed by atoms with Gasteiger partial charge in [0.25, 0.3) is 0 Å². The van der Waals surface area contributed by atoms with Crippen molar-refractivity contribution in [1.29, 1.82) is 0 Å².